The molecule has 1 fully saturated rings. The second-order valence-electron chi connectivity index (χ2n) is 5.97. The highest BCUT2D eigenvalue weighted by Gasteiger charge is 2.49. The molecule has 1 rings (SSSR count). The first kappa shape index (κ1) is 21.8. The van der Waals surface area contributed by atoms with Crippen molar-refractivity contribution < 1.29 is 44.7 Å². The summed E-state index contributed by atoms with van der Waals surface area (Å²) < 4.78 is 0. The molecule has 0 aromatic rings. The van der Waals surface area contributed by atoms with E-state index in [1.54, 1.807) is 6.92 Å². The third-order valence-corrected chi connectivity index (χ3v) is 4.44. The summed E-state index contributed by atoms with van der Waals surface area (Å²) >= 11 is 0. The fraction of sp³-hybridized carbons (Fsp3) is 0.733. The van der Waals surface area contributed by atoms with Crippen molar-refractivity contribution >= 4 is 23.9 Å². The van der Waals surface area contributed by atoms with Gasteiger partial charge in [-0.05, 0) is 31.6 Å². The van der Waals surface area contributed by atoms with Crippen molar-refractivity contribution in [1.82, 2.24) is 0 Å². The molecule has 2 atom stereocenters. The van der Waals surface area contributed by atoms with Gasteiger partial charge in [-0.1, -0.05) is 20.3 Å². The monoisotopic (exact) mass is 348 g/mol. The number of aliphatic hydroxyl groups excluding tert-OH is 1. The standard InChI is InChI=1S/C9H12O6.C6H12O3/c10-6(11)5-1-3-9(4-2-5,7(12)13)8(14)15;1-3-4(2)5(7)6(8)9/h5H,1-4H2,(H,10,11)(H,12,13)(H,14,15);4-5,7H,3H2,1-2H3,(H,8,9). The van der Waals surface area contributed by atoms with Gasteiger partial charge in [-0.15, -0.1) is 0 Å². The molecule has 0 aliphatic heterocycles. The lowest BCUT2D eigenvalue weighted by Crippen LogP contribution is -2.43. The number of carbonyl (C=O) groups is 4. The summed E-state index contributed by atoms with van der Waals surface area (Å²) in [5, 5.41) is 43.4. The molecule has 0 amide bonds. The van der Waals surface area contributed by atoms with Crippen molar-refractivity contribution in [2.75, 3.05) is 0 Å². The van der Waals surface area contributed by atoms with Gasteiger partial charge in [-0.25, -0.2) is 4.79 Å². The van der Waals surface area contributed by atoms with Crippen LogP contribution in [0.1, 0.15) is 46.0 Å². The van der Waals surface area contributed by atoms with E-state index in [1.165, 1.54) is 0 Å². The summed E-state index contributed by atoms with van der Waals surface area (Å²) in [6, 6.07) is 0. The molecule has 138 valence electrons. The molecule has 0 radical (unpaired) electrons. The molecule has 1 aliphatic carbocycles. The van der Waals surface area contributed by atoms with Gasteiger partial charge < -0.3 is 25.5 Å². The van der Waals surface area contributed by atoms with Crippen LogP contribution in [0.15, 0.2) is 0 Å². The maximum absolute atomic E-state index is 10.9. The van der Waals surface area contributed by atoms with Crippen molar-refractivity contribution in [2.24, 2.45) is 17.3 Å². The van der Waals surface area contributed by atoms with Crippen LogP contribution in [0.2, 0.25) is 0 Å². The summed E-state index contributed by atoms with van der Waals surface area (Å²) in [5.74, 6) is -5.64. The molecule has 9 nitrogen and oxygen atoms in total. The fourth-order valence-corrected chi connectivity index (χ4v) is 2.34. The Morgan fingerprint density at radius 3 is 1.62 bits per heavy atom. The summed E-state index contributed by atoms with van der Waals surface area (Å²) in [6.45, 7) is 3.55. The molecule has 0 aromatic carbocycles. The first-order chi connectivity index (χ1) is 11.0. The van der Waals surface area contributed by atoms with Gasteiger partial charge in [0.25, 0.3) is 0 Å². The molecule has 2 unspecified atom stereocenters. The molecule has 1 saturated carbocycles. The second kappa shape index (κ2) is 9.21. The molecule has 0 bridgehead atoms. The van der Waals surface area contributed by atoms with Crippen molar-refractivity contribution in [2.45, 2.75) is 52.1 Å². The largest absolute Gasteiger partial charge is 0.481 e. The molecule has 24 heavy (non-hydrogen) atoms. The van der Waals surface area contributed by atoms with Crippen LogP contribution < -0.4 is 0 Å². The lowest BCUT2D eigenvalue weighted by Gasteiger charge is -2.31. The predicted octanol–water partition coefficient (Wildman–Crippen LogP) is 0.895. The smallest absolute Gasteiger partial charge is 0.332 e. The van der Waals surface area contributed by atoms with Crippen LogP contribution in [0.4, 0.5) is 0 Å². The molecule has 0 spiro atoms. The topological polar surface area (TPSA) is 169 Å². The van der Waals surface area contributed by atoms with Gasteiger partial charge >= 0.3 is 23.9 Å². The Hall–Kier alpha value is -2.16. The van der Waals surface area contributed by atoms with E-state index in [9.17, 15) is 19.2 Å². The van der Waals surface area contributed by atoms with Gasteiger partial charge in [0.1, 0.15) is 0 Å². The average molecular weight is 348 g/mol. The molecular formula is C15H24O9. The third-order valence-electron chi connectivity index (χ3n) is 4.44. The van der Waals surface area contributed by atoms with Gasteiger partial charge in [-0.2, -0.15) is 0 Å². The Kier molecular flexibility index (Phi) is 8.38. The molecule has 1 aliphatic rings. The van der Waals surface area contributed by atoms with Crippen LogP contribution in [0.25, 0.3) is 0 Å². The predicted molar refractivity (Wildman–Crippen MR) is 80.4 cm³/mol. The van der Waals surface area contributed by atoms with Gasteiger partial charge in [-0.3, -0.25) is 14.4 Å². The highest BCUT2D eigenvalue weighted by molar-refractivity contribution is 5.98. The zero-order valence-electron chi connectivity index (χ0n) is 13.6. The first-order valence-corrected chi connectivity index (χ1v) is 7.60. The van der Waals surface area contributed by atoms with E-state index in [1.807, 2.05) is 6.92 Å². The van der Waals surface area contributed by atoms with Crippen LogP contribution in [-0.4, -0.2) is 55.5 Å². The quantitative estimate of drug-likeness (QED) is 0.437. The minimum atomic E-state index is -1.79. The molecule has 9 heteroatoms. The van der Waals surface area contributed by atoms with Gasteiger partial charge in [0.05, 0.1) is 5.92 Å². The number of hydrogen-bond donors (Lipinski definition) is 5. The van der Waals surface area contributed by atoms with E-state index >= 15 is 0 Å². The summed E-state index contributed by atoms with van der Waals surface area (Å²) in [4.78, 5) is 42.4. The number of carboxylic acids is 4. The van der Waals surface area contributed by atoms with Crippen LogP contribution in [0.5, 0.6) is 0 Å². The van der Waals surface area contributed by atoms with E-state index in [0.717, 1.165) is 0 Å². The van der Waals surface area contributed by atoms with Crippen LogP contribution in [0, 0.1) is 17.3 Å². The lowest BCUT2D eigenvalue weighted by molar-refractivity contribution is -0.169. The second-order valence-corrected chi connectivity index (χ2v) is 5.97. The maximum Gasteiger partial charge on any atom is 0.332 e. The van der Waals surface area contributed by atoms with Crippen LogP contribution in [0.3, 0.4) is 0 Å². The molecule has 0 saturated heterocycles. The van der Waals surface area contributed by atoms with Gasteiger partial charge in [0, 0.05) is 0 Å². The highest BCUT2D eigenvalue weighted by atomic mass is 16.4. The third kappa shape index (κ3) is 5.48. The maximum atomic E-state index is 10.9. The Morgan fingerprint density at radius 2 is 1.42 bits per heavy atom. The number of rotatable bonds is 6. The van der Waals surface area contributed by atoms with Crippen molar-refractivity contribution in [3.63, 3.8) is 0 Å². The first-order valence-electron chi connectivity index (χ1n) is 7.60. The van der Waals surface area contributed by atoms with E-state index < -0.39 is 41.3 Å². The van der Waals surface area contributed by atoms with Crippen molar-refractivity contribution in [3.8, 4) is 0 Å². The van der Waals surface area contributed by atoms with Gasteiger partial charge in [0.15, 0.2) is 11.5 Å². The molecular weight excluding hydrogens is 324 g/mol. The van der Waals surface area contributed by atoms with E-state index in [-0.39, 0.29) is 31.6 Å². The summed E-state index contributed by atoms with van der Waals surface area (Å²) in [5.41, 5.74) is -1.79. The van der Waals surface area contributed by atoms with E-state index in [0.29, 0.717) is 6.42 Å². The van der Waals surface area contributed by atoms with Gasteiger partial charge in [0.2, 0.25) is 0 Å². The fourth-order valence-electron chi connectivity index (χ4n) is 2.34. The summed E-state index contributed by atoms with van der Waals surface area (Å²) in [7, 11) is 0. The molecule has 5 N–H and O–H groups in total. The normalized spacial score (nSPS) is 19.3. The Morgan fingerprint density at radius 1 is 1.00 bits per heavy atom. The Labute approximate surface area is 138 Å². The lowest BCUT2D eigenvalue weighted by atomic mass is 9.70. The van der Waals surface area contributed by atoms with E-state index in [4.69, 9.17) is 25.5 Å². The Bertz CT molecular complexity index is 461. The van der Waals surface area contributed by atoms with Crippen molar-refractivity contribution in [3.05, 3.63) is 0 Å². The summed E-state index contributed by atoms with van der Waals surface area (Å²) in [6.07, 6.45) is -0.534. The SMILES string of the molecule is CCC(C)C(O)C(=O)O.O=C(O)C1CCC(C(=O)O)(C(=O)O)CC1. The number of hydrogen-bond acceptors (Lipinski definition) is 5. The van der Waals surface area contributed by atoms with E-state index in [2.05, 4.69) is 0 Å². The Balaban J connectivity index is 0.000000506. The van der Waals surface area contributed by atoms with Crippen LogP contribution >= 0.6 is 0 Å². The molecule has 0 heterocycles. The molecule has 0 aromatic heterocycles. The van der Waals surface area contributed by atoms with Crippen LogP contribution in [-0.2, 0) is 19.2 Å². The minimum absolute atomic E-state index is 0.105. The number of aliphatic hydroxyl groups is 1. The highest BCUT2D eigenvalue weighted by Crippen LogP contribution is 2.39. The zero-order chi connectivity index (χ0) is 19.1. The number of aliphatic carboxylic acids is 4. The zero-order valence-corrected chi connectivity index (χ0v) is 13.6. The number of carboxylic acid groups (broad SMARTS) is 4. The average Bonchev–Trinajstić information content (AvgIpc) is 2.53. The van der Waals surface area contributed by atoms with Crippen molar-refractivity contribution in [1.29, 1.82) is 0 Å². The minimum Gasteiger partial charge on any atom is -0.481 e.